The van der Waals surface area contributed by atoms with Gasteiger partial charge >= 0.3 is 0 Å². The maximum absolute atomic E-state index is 6.37. The quantitative estimate of drug-likeness (QED) is 0.919. The summed E-state index contributed by atoms with van der Waals surface area (Å²) in [5.74, 6) is 0.994. The minimum Gasteiger partial charge on any atom is -0.493 e. The number of likely N-dealkylation sites (N-methyl/N-ethyl adjacent to an activating group) is 1. The molecule has 2 rings (SSSR count). The average molecular weight is 283 g/mol. The Balaban J connectivity index is 2.21. The Morgan fingerprint density at radius 1 is 1.42 bits per heavy atom. The lowest BCUT2D eigenvalue weighted by Crippen LogP contribution is -2.33. The van der Waals surface area contributed by atoms with Gasteiger partial charge in [-0.1, -0.05) is 11.6 Å². The van der Waals surface area contributed by atoms with Gasteiger partial charge in [-0.15, -0.1) is 0 Å². The van der Waals surface area contributed by atoms with Crippen LogP contribution in [0.1, 0.15) is 29.2 Å². The first kappa shape index (κ1) is 14.6. The zero-order chi connectivity index (χ0) is 14.0. The Morgan fingerprint density at radius 2 is 2.16 bits per heavy atom. The second kappa shape index (κ2) is 6.12. The van der Waals surface area contributed by atoms with Gasteiger partial charge in [-0.05, 0) is 45.1 Å². The summed E-state index contributed by atoms with van der Waals surface area (Å²) in [6, 6.07) is 2.41. The lowest BCUT2D eigenvalue weighted by Gasteiger charge is -2.30. The first-order chi connectivity index (χ1) is 9.00. The number of hydrogen-bond acceptors (Lipinski definition) is 3. The van der Waals surface area contributed by atoms with Crippen LogP contribution in [-0.4, -0.2) is 38.7 Å². The van der Waals surface area contributed by atoms with Crippen LogP contribution in [-0.2, 0) is 0 Å². The molecule has 0 fully saturated rings. The summed E-state index contributed by atoms with van der Waals surface area (Å²) in [4.78, 5) is 2.18. The molecule has 19 heavy (non-hydrogen) atoms. The number of nitrogens with zero attached hydrogens (tertiary/aromatic N) is 1. The molecule has 0 aliphatic carbocycles. The van der Waals surface area contributed by atoms with E-state index in [4.69, 9.17) is 16.3 Å². The Kier molecular flexibility index (Phi) is 4.71. The second-order valence-corrected chi connectivity index (χ2v) is 5.87. The zero-order valence-corrected chi connectivity index (χ0v) is 13.0. The van der Waals surface area contributed by atoms with Crippen LogP contribution in [0, 0.1) is 13.8 Å². The van der Waals surface area contributed by atoms with Crippen molar-refractivity contribution >= 4 is 11.6 Å². The van der Waals surface area contributed by atoms with Crippen LogP contribution in [0.5, 0.6) is 5.75 Å². The monoisotopic (exact) mass is 282 g/mol. The van der Waals surface area contributed by atoms with Gasteiger partial charge in [-0.25, -0.2) is 0 Å². The topological polar surface area (TPSA) is 24.5 Å². The number of ether oxygens (including phenoxy) is 1. The third kappa shape index (κ3) is 3.22. The van der Waals surface area contributed by atoms with Crippen molar-refractivity contribution in [2.24, 2.45) is 0 Å². The van der Waals surface area contributed by atoms with E-state index in [1.54, 1.807) is 0 Å². The number of rotatable bonds is 4. The number of fused-ring (bicyclic) bond motifs is 1. The number of aryl methyl sites for hydroxylation is 1. The lowest BCUT2D eigenvalue weighted by atomic mass is 9.94. The van der Waals surface area contributed by atoms with Crippen molar-refractivity contribution in [2.45, 2.75) is 26.3 Å². The van der Waals surface area contributed by atoms with Crippen molar-refractivity contribution in [3.63, 3.8) is 0 Å². The van der Waals surface area contributed by atoms with Gasteiger partial charge in [0.15, 0.2) is 0 Å². The molecular formula is C15H23ClN2O. The SMILES string of the molecule is Cc1cc2c(c(C)c1Cl)C(NCCN(C)C)CCO2. The highest BCUT2D eigenvalue weighted by Gasteiger charge is 2.25. The summed E-state index contributed by atoms with van der Waals surface area (Å²) < 4.78 is 5.79. The van der Waals surface area contributed by atoms with E-state index >= 15 is 0 Å². The van der Waals surface area contributed by atoms with Crippen molar-refractivity contribution in [1.82, 2.24) is 10.2 Å². The van der Waals surface area contributed by atoms with Crippen LogP contribution < -0.4 is 10.1 Å². The fraction of sp³-hybridized carbons (Fsp3) is 0.600. The molecule has 0 aromatic heterocycles. The van der Waals surface area contributed by atoms with Gasteiger partial charge in [-0.3, -0.25) is 0 Å². The highest BCUT2D eigenvalue weighted by Crippen LogP contribution is 2.39. The van der Waals surface area contributed by atoms with Gasteiger partial charge in [-0.2, -0.15) is 0 Å². The molecule has 1 aliphatic rings. The standard InChI is InChI=1S/C15H23ClN2O/c1-10-9-13-14(11(2)15(10)16)12(5-8-19-13)17-6-7-18(3)4/h9,12,17H,5-8H2,1-4H3. The van der Waals surface area contributed by atoms with E-state index in [9.17, 15) is 0 Å². The minimum absolute atomic E-state index is 0.349. The van der Waals surface area contributed by atoms with E-state index in [0.717, 1.165) is 48.0 Å². The summed E-state index contributed by atoms with van der Waals surface area (Å²) in [5, 5.41) is 4.48. The molecule has 1 heterocycles. The fourth-order valence-corrected chi connectivity index (χ4v) is 2.74. The third-order valence-corrected chi connectivity index (χ3v) is 4.24. The molecule has 4 heteroatoms. The predicted molar refractivity (Wildman–Crippen MR) is 80.3 cm³/mol. The predicted octanol–water partition coefficient (Wildman–Crippen LogP) is 2.93. The van der Waals surface area contributed by atoms with Crippen molar-refractivity contribution in [3.05, 3.63) is 27.8 Å². The van der Waals surface area contributed by atoms with Gasteiger partial charge in [0, 0.05) is 36.1 Å². The number of nitrogens with one attached hydrogen (secondary N) is 1. The summed E-state index contributed by atoms with van der Waals surface area (Å²) in [6.45, 7) is 6.89. The van der Waals surface area contributed by atoms with E-state index < -0.39 is 0 Å². The Morgan fingerprint density at radius 3 is 2.84 bits per heavy atom. The second-order valence-electron chi connectivity index (χ2n) is 5.49. The van der Waals surface area contributed by atoms with Gasteiger partial charge in [0.05, 0.1) is 6.61 Å². The Hall–Kier alpha value is -0.770. The molecule has 1 aromatic rings. The average Bonchev–Trinajstić information content (AvgIpc) is 2.35. The molecule has 0 bridgehead atoms. The molecule has 3 nitrogen and oxygen atoms in total. The molecule has 1 N–H and O–H groups in total. The molecule has 0 radical (unpaired) electrons. The molecule has 1 atom stereocenters. The Bertz CT molecular complexity index is 460. The van der Waals surface area contributed by atoms with E-state index in [2.05, 4.69) is 37.3 Å². The van der Waals surface area contributed by atoms with Crippen LogP contribution in [0.4, 0.5) is 0 Å². The fourth-order valence-electron chi connectivity index (χ4n) is 2.59. The highest BCUT2D eigenvalue weighted by atomic mass is 35.5. The van der Waals surface area contributed by atoms with Crippen LogP contribution >= 0.6 is 11.6 Å². The normalized spacial score (nSPS) is 18.3. The van der Waals surface area contributed by atoms with Gasteiger partial charge in [0.25, 0.3) is 0 Å². The first-order valence-electron chi connectivity index (χ1n) is 6.81. The maximum atomic E-state index is 6.37. The van der Waals surface area contributed by atoms with Crippen LogP contribution in [0.15, 0.2) is 6.07 Å². The van der Waals surface area contributed by atoms with Gasteiger partial charge in [0.2, 0.25) is 0 Å². The molecular weight excluding hydrogens is 260 g/mol. The first-order valence-corrected chi connectivity index (χ1v) is 7.19. The maximum Gasteiger partial charge on any atom is 0.124 e. The van der Waals surface area contributed by atoms with Crippen molar-refractivity contribution in [2.75, 3.05) is 33.8 Å². The van der Waals surface area contributed by atoms with E-state index in [1.807, 2.05) is 6.92 Å². The molecule has 0 amide bonds. The largest absolute Gasteiger partial charge is 0.493 e. The van der Waals surface area contributed by atoms with Crippen LogP contribution in [0.3, 0.4) is 0 Å². The third-order valence-electron chi connectivity index (χ3n) is 3.65. The van der Waals surface area contributed by atoms with E-state index in [0.29, 0.717) is 6.04 Å². The molecule has 106 valence electrons. The van der Waals surface area contributed by atoms with Crippen LogP contribution in [0.25, 0.3) is 0 Å². The number of hydrogen-bond donors (Lipinski definition) is 1. The zero-order valence-electron chi connectivity index (χ0n) is 12.2. The summed E-state index contributed by atoms with van der Waals surface area (Å²) in [7, 11) is 4.18. The van der Waals surface area contributed by atoms with Crippen molar-refractivity contribution in [1.29, 1.82) is 0 Å². The summed E-state index contributed by atoms with van der Waals surface area (Å²) >= 11 is 6.37. The molecule has 1 aromatic carbocycles. The molecule has 0 saturated carbocycles. The number of halogens is 1. The smallest absolute Gasteiger partial charge is 0.124 e. The van der Waals surface area contributed by atoms with Crippen molar-refractivity contribution in [3.8, 4) is 5.75 Å². The molecule has 0 spiro atoms. The number of benzene rings is 1. The summed E-state index contributed by atoms with van der Waals surface area (Å²) in [6.07, 6.45) is 1.00. The Labute approximate surface area is 120 Å². The van der Waals surface area contributed by atoms with E-state index in [-0.39, 0.29) is 0 Å². The molecule has 1 aliphatic heterocycles. The molecule has 0 saturated heterocycles. The summed E-state index contributed by atoms with van der Waals surface area (Å²) in [5.41, 5.74) is 3.48. The molecule has 1 unspecified atom stereocenters. The van der Waals surface area contributed by atoms with Crippen molar-refractivity contribution < 1.29 is 4.74 Å². The van der Waals surface area contributed by atoms with Gasteiger partial charge < -0.3 is 15.0 Å². The van der Waals surface area contributed by atoms with Crippen LogP contribution in [0.2, 0.25) is 5.02 Å². The highest BCUT2D eigenvalue weighted by molar-refractivity contribution is 6.32. The van der Waals surface area contributed by atoms with Gasteiger partial charge in [0.1, 0.15) is 5.75 Å². The lowest BCUT2D eigenvalue weighted by molar-refractivity contribution is 0.248. The minimum atomic E-state index is 0.349. The van der Waals surface area contributed by atoms with E-state index in [1.165, 1.54) is 5.56 Å².